The van der Waals surface area contributed by atoms with Crippen molar-refractivity contribution in [3.05, 3.63) is 91.1 Å². The summed E-state index contributed by atoms with van der Waals surface area (Å²) in [6.45, 7) is -0.778. The van der Waals surface area contributed by atoms with E-state index in [4.69, 9.17) is 4.74 Å². The summed E-state index contributed by atoms with van der Waals surface area (Å²) in [5, 5.41) is 13.0. The van der Waals surface area contributed by atoms with Gasteiger partial charge in [0.25, 0.3) is 27.2 Å². The van der Waals surface area contributed by atoms with Gasteiger partial charge in [0.2, 0.25) is 0 Å². The number of nitrogens with zero attached hydrogens (tertiary/aromatic N) is 3. The number of non-ortho nitro benzene ring substituents is 1. The highest BCUT2D eigenvalue weighted by Crippen LogP contribution is 2.20. The van der Waals surface area contributed by atoms with Crippen molar-refractivity contribution in [3.8, 4) is 0 Å². The number of nitro groups is 1. The molecule has 3 rings (SSSR count). The molecule has 2 N–H and O–H groups in total. The number of aromatic nitrogens is 2. The van der Waals surface area contributed by atoms with E-state index >= 15 is 0 Å². The molecule has 1 aromatic heterocycles. The summed E-state index contributed by atoms with van der Waals surface area (Å²) >= 11 is 0. The number of ether oxygens (including phenoxy) is 1. The fourth-order valence-corrected chi connectivity index (χ4v) is 4.01. The van der Waals surface area contributed by atoms with Crippen LogP contribution in [0.5, 0.6) is 0 Å². The molecular formula is C21H19N5O9S. The monoisotopic (exact) mass is 517 g/mol. The number of hydrogen-bond donors (Lipinski definition) is 2. The second-order valence-corrected chi connectivity index (χ2v) is 9.01. The second-order valence-electron chi connectivity index (χ2n) is 7.33. The lowest BCUT2D eigenvalue weighted by atomic mass is 10.2. The summed E-state index contributed by atoms with van der Waals surface area (Å²) in [4.78, 5) is 58.0. The molecule has 1 heterocycles. The van der Waals surface area contributed by atoms with Gasteiger partial charge in [-0.2, -0.15) is 0 Å². The normalized spacial score (nSPS) is 10.9. The number of hydrogen-bond acceptors (Lipinski definition) is 9. The van der Waals surface area contributed by atoms with Gasteiger partial charge in [0, 0.05) is 38.0 Å². The van der Waals surface area contributed by atoms with E-state index in [0.29, 0.717) is 0 Å². The van der Waals surface area contributed by atoms with Gasteiger partial charge in [-0.1, -0.05) is 6.07 Å². The third kappa shape index (κ3) is 5.82. The minimum absolute atomic E-state index is 0.0652. The van der Waals surface area contributed by atoms with Gasteiger partial charge < -0.3 is 10.1 Å². The maximum absolute atomic E-state index is 12.7. The summed E-state index contributed by atoms with van der Waals surface area (Å²) < 4.78 is 34.3. The average Bonchev–Trinajstić information content (AvgIpc) is 2.84. The zero-order valence-corrected chi connectivity index (χ0v) is 19.6. The van der Waals surface area contributed by atoms with Crippen LogP contribution in [-0.4, -0.2) is 41.0 Å². The van der Waals surface area contributed by atoms with E-state index < -0.39 is 44.7 Å². The molecule has 36 heavy (non-hydrogen) atoms. The molecule has 188 valence electrons. The summed E-state index contributed by atoms with van der Waals surface area (Å²) in [5.74, 6) is -1.94. The molecule has 3 aromatic rings. The molecule has 0 atom stereocenters. The number of esters is 1. The maximum atomic E-state index is 12.7. The lowest BCUT2D eigenvalue weighted by Gasteiger charge is -2.11. The molecule has 0 bridgehead atoms. The Morgan fingerprint density at radius 1 is 1.03 bits per heavy atom. The molecule has 0 aliphatic rings. The van der Waals surface area contributed by atoms with Gasteiger partial charge >= 0.3 is 11.7 Å². The second kappa shape index (κ2) is 10.2. The lowest BCUT2D eigenvalue weighted by Crippen LogP contribution is -2.38. The van der Waals surface area contributed by atoms with E-state index in [-0.39, 0.29) is 27.7 Å². The minimum atomic E-state index is -4.16. The Bertz CT molecular complexity index is 1570. The fourth-order valence-electron chi connectivity index (χ4n) is 2.90. The van der Waals surface area contributed by atoms with Crippen LogP contribution in [0.4, 0.5) is 17.2 Å². The first-order valence-electron chi connectivity index (χ1n) is 10.0. The summed E-state index contributed by atoms with van der Waals surface area (Å²) in [6.07, 6.45) is 0. The standard InChI is InChI=1S/C21H19N5O9S/c1-24-17(11-19(28)25(2)21(24)30)22-18(27)12-35-20(29)13-4-3-5-16(10-13)36(33,34)23-14-6-8-15(9-7-14)26(31)32/h3-11,23H,12H2,1-2H3,(H,22,27). The van der Waals surface area contributed by atoms with E-state index in [2.05, 4.69) is 10.0 Å². The van der Waals surface area contributed by atoms with E-state index in [9.17, 15) is 37.7 Å². The van der Waals surface area contributed by atoms with Gasteiger partial charge in [-0.15, -0.1) is 0 Å². The molecule has 0 saturated heterocycles. The van der Waals surface area contributed by atoms with Crippen molar-refractivity contribution in [1.29, 1.82) is 0 Å². The Hall–Kier alpha value is -4.79. The van der Waals surface area contributed by atoms with Gasteiger partial charge in [-0.3, -0.25) is 33.6 Å². The molecule has 0 radical (unpaired) electrons. The van der Waals surface area contributed by atoms with Crippen LogP contribution in [0.2, 0.25) is 0 Å². The molecule has 0 fully saturated rings. The van der Waals surface area contributed by atoms with E-state index in [1.807, 2.05) is 0 Å². The van der Waals surface area contributed by atoms with Crippen LogP contribution < -0.4 is 21.3 Å². The van der Waals surface area contributed by atoms with Gasteiger partial charge in [0.1, 0.15) is 5.82 Å². The molecule has 15 heteroatoms. The largest absolute Gasteiger partial charge is 0.452 e. The number of nitrogens with one attached hydrogen (secondary N) is 2. The van der Waals surface area contributed by atoms with Crippen LogP contribution >= 0.6 is 0 Å². The fraction of sp³-hybridized carbons (Fsp3) is 0.143. The summed E-state index contributed by atoms with van der Waals surface area (Å²) in [5.41, 5.74) is -1.64. The predicted octanol–water partition coefficient (Wildman–Crippen LogP) is 0.588. The third-order valence-electron chi connectivity index (χ3n) is 4.84. The highest BCUT2D eigenvalue weighted by molar-refractivity contribution is 7.92. The van der Waals surface area contributed by atoms with Crippen LogP contribution in [0.15, 0.2) is 69.1 Å². The van der Waals surface area contributed by atoms with Crippen molar-refractivity contribution in [3.63, 3.8) is 0 Å². The smallest absolute Gasteiger partial charge is 0.338 e. The van der Waals surface area contributed by atoms with Crippen molar-refractivity contribution in [2.45, 2.75) is 4.90 Å². The Balaban J connectivity index is 1.67. The molecule has 0 aliphatic heterocycles. The molecule has 0 aliphatic carbocycles. The third-order valence-corrected chi connectivity index (χ3v) is 6.22. The van der Waals surface area contributed by atoms with Gasteiger partial charge in [0.15, 0.2) is 6.61 Å². The van der Waals surface area contributed by atoms with Crippen LogP contribution in [0.3, 0.4) is 0 Å². The topological polar surface area (TPSA) is 189 Å². The highest BCUT2D eigenvalue weighted by atomic mass is 32.2. The predicted molar refractivity (Wildman–Crippen MR) is 126 cm³/mol. The number of benzene rings is 2. The van der Waals surface area contributed by atoms with Crippen molar-refractivity contribution < 1.29 is 27.7 Å². The zero-order chi connectivity index (χ0) is 26.6. The van der Waals surface area contributed by atoms with Crippen molar-refractivity contribution >= 4 is 39.1 Å². The van der Waals surface area contributed by atoms with Crippen LogP contribution in [0.25, 0.3) is 0 Å². The van der Waals surface area contributed by atoms with Crippen molar-refractivity contribution in [2.24, 2.45) is 14.1 Å². The molecule has 0 saturated carbocycles. The molecule has 1 amide bonds. The summed E-state index contributed by atoms with van der Waals surface area (Å²) in [7, 11) is -1.56. The van der Waals surface area contributed by atoms with E-state index in [1.54, 1.807) is 0 Å². The Morgan fingerprint density at radius 3 is 2.33 bits per heavy atom. The first kappa shape index (κ1) is 25.8. The molecule has 14 nitrogen and oxygen atoms in total. The van der Waals surface area contributed by atoms with E-state index in [1.165, 1.54) is 44.4 Å². The number of amides is 1. The van der Waals surface area contributed by atoms with Crippen molar-refractivity contribution in [2.75, 3.05) is 16.6 Å². The Kier molecular flexibility index (Phi) is 7.33. The average molecular weight is 517 g/mol. The van der Waals surface area contributed by atoms with Crippen LogP contribution in [0.1, 0.15) is 10.4 Å². The zero-order valence-electron chi connectivity index (χ0n) is 18.8. The summed E-state index contributed by atoms with van der Waals surface area (Å²) in [6, 6.07) is 10.5. The molecule has 0 unspecified atom stereocenters. The molecule has 0 spiro atoms. The number of rotatable bonds is 8. The molecular weight excluding hydrogens is 498 g/mol. The van der Waals surface area contributed by atoms with E-state index in [0.717, 1.165) is 33.4 Å². The highest BCUT2D eigenvalue weighted by Gasteiger charge is 2.19. The number of carbonyl (C=O) groups excluding carboxylic acids is 2. The number of anilines is 2. The number of carbonyl (C=O) groups is 2. The van der Waals surface area contributed by atoms with Gasteiger partial charge in [-0.05, 0) is 30.3 Å². The van der Waals surface area contributed by atoms with Crippen LogP contribution in [0, 0.1) is 10.1 Å². The molecule has 2 aromatic carbocycles. The van der Waals surface area contributed by atoms with Gasteiger partial charge in [0.05, 0.1) is 15.4 Å². The first-order valence-corrected chi connectivity index (χ1v) is 11.5. The Labute approximate surface area is 203 Å². The number of sulfonamides is 1. The number of nitro benzene ring substituents is 1. The Morgan fingerprint density at radius 2 is 1.69 bits per heavy atom. The first-order chi connectivity index (χ1) is 16.9. The SMILES string of the molecule is Cn1c(NC(=O)COC(=O)c2cccc(S(=O)(=O)Nc3ccc([N+](=O)[O-])cc3)c2)cc(=O)n(C)c1=O. The van der Waals surface area contributed by atoms with Gasteiger partial charge in [-0.25, -0.2) is 18.0 Å². The van der Waals surface area contributed by atoms with Crippen molar-refractivity contribution in [1.82, 2.24) is 9.13 Å². The minimum Gasteiger partial charge on any atom is -0.452 e. The van der Waals surface area contributed by atoms with Crippen LogP contribution in [-0.2, 0) is 33.7 Å². The lowest BCUT2D eigenvalue weighted by molar-refractivity contribution is -0.384. The quantitative estimate of drug-likeness (QED) is 0.245. The maximum Gasteiger partial charge on any atom is 0.338 e.